The van der Waals surface area contributed by atoms with Crippen molar-refractivity contribution in [3.8, 4) is 0 Å². The van der Waals surface area contributed by atoms with Crippen molar-refractivity contribution in [2.24, 2.45) is 0 Å². The molecule has 1 aromatic heterocycles. The molecule has 140 valence electrons. The Labute approximate surface area is 159 Å². The quantitative estimate of drug-likeness (QED) is 0.835. The van der Waals surface area contributed by atoms with Gasteiger partial charge in [0.05, 0.1) is 0 Å². The van der Waals surface area contributed by atoms with Crippen LogP contribution in [-0.2, 0) is 0 Å². The minimum atomic E-state index is -0.314. The number of aromatic nitrogens is 2. The zero-order valence-electron chi connectivity index (χ0n) is 15.8. The number of likely N-dealkylation sites (N-methyl/N-ethyl adjacent to an activating group) is 1. The Morgan fingerprint density at radius 3 is 2.11 bits per heavy atom. The van der Waals surface area contributed by atoms with Gasteiger partial charge in [0.25, 0.3) is 0 Å². The maximum Gasteiger partial charge on any atom is 0.229 e. The molecule has 0 radical (unpaired) electrons. The van der Waals surface area contributed by atoms with Gasteiger partial charge in [-0.05, 0) is 31.2 Å². The SMILES string of the molecule is CN1c2nc(N3CCCC3)nc(N3CCCC3)c2C(=O)C1c1ccccc1. The average Bonchev–Trinajstić information content (AvgIpc) is 3.44. The normalized spacial score (nSPS) is 22.0. The third-order valence-corrected chi connectivity index (χ3v) is 5.98. The van der Waals surface area contributed by atoms with Crippen LogP contribution in [0.5, 0.6) is 0 Å². The number of carbonyl (C=O) groups is 1. The standard InChI is InChI=1S/C21H25N5O/c1-24-17(15-9-3-2-4-10-15)18(27)16-19(24)22-21(26-13-7-8-14-26)23-20(16)25-11-5-6-12-25/h2-4,9-10,17H,5-8,11-14H2,1H3. The molecular weight excluding hydrogens is 338 g/mol. The van der Waals surface area contributed by atoms with Crippen LogP contribution in [0.15, 0.2) is 30.3 Å². The second kappa shape index (κ2) is 6.51. The zero-order valence-corrected chi connectivity index (χ0v) is 15.8. The van der Waals surface area contributed by atoms with Gasteiger partial charge in [-0.1, -0.05) is 30.3 Å². The molecule has 27 heavy (non-hydrogen) atoms. The van der Waals surface area contributed by atoms with Gasteiger partial charge >= 0.3 is 0 Å². The number of hydrogen-bond donors (Lipinski definition) is 0. The van der Waals surface area contributed by atoms with Gasteiger partial charge < -0.3 is 14.7 Å². The summed E-state index contributed by atoms with van der Waals surface area (Å²) in [5.41, 5.74) is 1.72. The minimum absolute atomic E-state index is 0.119. The first-order chi connectivity index (χ1) is 13.2. The fourth-order valence-corrected chi connectivity index (χ4v) is 4.56. The first-order valence-corrected chi connectivity index (χ1v) is 9.98. The van der Waals surface area contributed by atoms with E-state index in [4.69, 9.17) is 9.97 Å². The minimum Gasteiger partial charge on any atom is -0.356 e. The first kappa shape index (κ1) is 16.5. The van der Waals surface area contributed by atoms with E-state index in [1.165, 1.54) is 12.8 Å². The highest BCUT2D eigenvalue weighted by molar-refractivity contribution is 6.14. The third-order valence-electron chi connectivity index (χ3n) is 5.98. The lowest BCUT2D eigenvalue weighted by molar-refractivity contribution is 0.0972. The maximum absolute atomic E-state index is 13.5. The van der Waals surface area contributed by atoms with Crippen molar-refractivity contribution in [1.82, 2.24) is 9.97 Å². The van der Waals surface area contributed by atoms with E-state index < -0.39 is 0 Å². The van der Waals surface area contributed by atoms with Crippen molar-refractivity contribution in [3.05, 3.63) is 41.5 Å². The van der Waals surface area contributed by atoms with E-state index in [9.17, 15) is 4.79 Å². The molecule has 6 nitrogen and oxygen atoms in total. The number of ketones is 1. The lowest BCUT2D eigenvalue weighted by atomic mass is 10.0. The molecule has 1 aromatic carbocycles. The van der Waals surface area contributed by atoms with Gasteiger partial charge in [-0.2, -0.15) is 9.97 Å². The molecule has 1 unspecified atom stereocenters. The second-order valence-corrected chi connectivity index (χ2v) is 7.72. The number of carbonyl (C=O) groups excluding carboxylic acids is 1. The fraction of sp³-hybridized carbons (Fsp3) is 0.476. The zero-order chi connectivity index (χ0) is 18.4. The smallest absolute Gasteiger partial charge is 0.229 e. The van der Waals surface area contributed by atoms with Crippen LogP contribution in [0.4, 0.5) is 17.6 Å². The van der Waals surface area contributed by atoms with Crippen molar-refractivity contribution in [1.29, 1.82) is 0 Å². The van der Waals surface area contributed by atoms with Crippen LogP contribution < -0.4 is 14.7 Å². The van der Waals surface area contributed by atoms with Crippen molar-refractivity contribution in [2.45, 2.75) is 31.7 Å². The molecule has 0 saturated carbocycles. The summed E-state index contributed by atoms with van der Waals surface area (Å²) in [5.74, 6) is 2.53. The predicted octanol–water partition coefficient (Wildman–Crippen LogP) is 3.05. The topological polar surface area (TPSA) is 52.6 Å². The number of rotatable bonds is 3. The monoisotopic (exact) mass is 363 g/mol. The predicted molar refractivity (Wildman–Crippen MR) is 107 cm³/mol. The number of hydrogen-bond acceptors (Lipinski definition) is 6. The van der Waals surface area contributed by atoms with Gasteiger partial charge in [0.2, 0.25) is 5.95 Å². The Morgan fingerprint density at radius 1 is 0.852 bits per heavy atom. The lowest BCUT2D eigenvalue weighted by Crippen LogP contribution is -2.26. The molecule has 0 bridgehead atoms. The molecule has 6 heteroatoms. The van der Waals surface area contributed by atoms with Crippen LogP contribution in [0.3, 0.4) is 0 Å². The van der Waals surface area contributed by atoms with Crippen LogP contribution in [-0.4, -0.2) is 49.0 Å². The summed E-state index contributed by atoms with van der Waals surface area (Å²) in [6.45, 7) is 3.93. The Bertz CT molecular complexity index is 856. The molecule has 2 fully saturated rings. The summed E-state index contributed by atoms with van der Waals surface area (Å²) >= 11 is 0. The number of benzene rings is 1. The summed E-state index contributed by atoms with van der Waals surface area (Å²) in [4.78, 5) is 29.8. The molecule has 4 heterocycles. The summed E-state index contributed by atoms with van der Waals surface area (Å²) in [7, 11) is 1.98. The van der Waals surface area contributed by atoms with Crippen LogP contribution in [0, 0.1) is 0 Å². The van der Waals surface area contributed by atoms with Gasteiger partial charge in [0.1, 0.15) is 23.2 Å². The summed E-state index contributed by atoms with van der Waals surface area (Å²) in [6, 6.07) is 9.69. The number of Topliss-reactive ketones (excluding diaryl/α,β-unsaturated/α-hetero) is 1. The van der Waals surface area contributed by atoms with E-state index in [2.05, 4.69) is 9.80 Å². The van der Waals surface area contributed by atoms with Gasteiger partial charge in [0.15, 0.2) is 5.78 Å². The highest BCUT2D eigenvalue weighted by atomic mass is 16.1. The first-order valence-electron chi connectivity index (χ1n) is 9.98. The van der Waals surface area contributed by atoms with Crippen molar-refractivity contribution in [2.75, 3.05) is 47.9 Å². The van der Waals surface area contributed by atoms with E-state index >= 15 is 0 Å². The van der Waals surface area contributed by atoms with Crippen LogP contribution in [0.1, 0.15) is 47.6 Å². The summed E-state index contributed by atoms with van der Waals surface area (Å²) in [6.07, 6.45) is 4.68. The fourth-order valence-electron chi connectivity index (χ4n) is 4.56. The summed E-state index contributed by atoms with van der Waals surface area (Å²) < 4.78 is 0. The Hall–Kier alpha value is -2.63. The molecule has 5 rings (SSSR count). The highest BCUT2D eigenvalue weighted by Crippen LogP contribution is 2.43. The Kier molecular flexibility index (Phi) is 3.99. The molecule has 1 atom stereocenters. The Morgan fingerprint density at radius 2 is 1.44 bits per heavy atom. The maximum atomic E-state index is 13.5. The van der Waals surface area contributed by atoms with Gasteiger partial charge in [0, 0.05) is 33.2 Å². The van der Waals surface area contributed by atoms with E-state index in [0.29, 0.717) is 5.56 Å². The van der Waals surface area contributed by atoms with Crippen molar-refractivity contribution in [3.63, 3.8) is 0 Å². The molecule has 3 aliphatic heterocycles. The van der Waals surface area contributed by atoms with Gasteiger partial charge in [-0.3, -0.25) is 4.79 Å². The number of fused-ring (bicyclic) bond motifs is 1. The van der Waals surface area contributed by atoms with Crippen LogP contribution in [0.25, 0.3) is 0 Å². The summed E-state index contributed by atoms with van der Waals surface area (Å²) in [5, 5.41) is 0. The van der Waals surface area contributed by atoms with Crippen LogP contribution in [0.2, 0.25) is 0 Å². The second-order valence-electron chi connectivity index (χ2n) is 7.72. The molecule has 0 N–H and O–H groups in total. The largest absolute Gasteiger partial charge is 0.356 e. The molecule has 0 amide bonds. The lowest BCUT2D eigenvalue weighted by Gasteiger charge is -2.24. The van der Waals surface area contributed by atoms with Gasteiger partial charge in [-0.25, -0.2) is 0 Å². The van der Waals surface area contributed by atoms with E-state index in [1.807, 2.05) is 42.3 Å². The molecule has 3 aliphatic rings. The molecule has 0 spiro atoms. The molecule has 2 aromatic rings. The Balaban J connectivity index is 1.63. The average molecular weight is 363 g/mol. The van der Waals surface area contributed by atoms with Crippen molar-refractivity contribution >= 4 is 23.4 Å². The third kappa shape index (κ3) is 2.66. The van der Waals surface area contributed by atoms with E-state index in [-0.39, 0.29) is 11.8 Å². The molecular formula is C21H25N5O. The van der Waals surface area contributed by atoms with Crippen LogP contribution >= 0.6 is 0 Å². The van der Waals surface area contributed by atoms with Gasteiger partial charge in [-0.15, -0.1) is 0 Å². The van der Waals surface area contributed by atoms with E-state index in [1.54, 1.807) is 0 Å². The van der Waals surface area contributed by atoms with E-state index in [0.717, 1.165) is 62.2 Å². The number of anilines is 3. The van der Waals surface area contributed by atoms with Crippen molar-refractivity contribution < 1.29 is 4.79 Å². The molecule has 0 aliphatic carbocycles. The molecule has 2 saturated heterocycles. The number of nitrogens with zero attached hydrogens (tertiary/aromatic N) is 5. The highest BCUT2D eigenvalue weighted by Gasteiger charge is 2.42.